The van der Waals surface area contributed by atoms with E-state index in [1.165, 1.54) is 23.0 Å². The molecule has 0 radical (unpaired) electrons. The third-order valence-electron chi connectivity index (χ3n) is 5.26. The zero-order chi connectivity index (χ0) is 23.9. The number of amides is 1. The van der Waals surface area contributed by atoms with Gasteiger partial charge in [0, 0.05) is 17.0 Å². The molecule has 1 heterocycles. The first-order chi connectivity index (χ1) is 16.5. The number of carbonyl (C=O) groups excluding carboxylic acids is 1. The zero-order valence-electron chi connectivity index (χ0n) is 19.4. The van der Waals surface area contributed by atoms with Gasteiger partial charge < -0.3 is 9.47 Å². The molecule has 0 bridgehead atoms. The van der Waals surface area contributed by atoms with Crippen molar-refractivity contribution in [3.63, 3.8) is 0 Å². The van der Waals surface area contributed by atoms with E-state index in [1.807, 2.05) is 53.9 Å². The molecule has 0 unspecified atom stereocenters. The maximum atomic E-state index is 12.4. The van der Waals surface area contributed by atoms with Gasteiger partial charge in [-0.1, -0.05) is 54.1 Å². The number of aryl methyl sites for hydroxylation is 2. The van der Waals surface area contributed by atoms with Crippen molar-refractivity contribution in [2.24, 2.45) is 0 Å². The number of aromatic nitrogens is 1. The normalized spacial score (nSPS) is 10.9. The summed E-state index contributed by atoms with van der Waals surface area (Å²) < 4.78 is 11.4. The molecule has 6 heteroatoms. The fraction of sp³-hybridized carbons (Fsp3) is 0.143. The topological polar surface area (TPSA) is 60.5 Å². The summed E-state index contributed by atoms with van der Waals surface area (Å²) in [5.41, 5.74) is 6.17. The van der Waals surface area contributed by atoms with Gasteiger partial charge >= 0.3 is 0 Å². The Balaban J connectivity index is 1.39. The van der Waals surface area contributed by atoms with Crippen LogP contribution in [-0.2, 0) is 11.4 Å². The summed E-state index contributed by atoms with van der Waals surface area (Å²) in [5, 5.41) is 5.36. The third kappa shape index (κ3) is 5.91. The highest BCUT2D eigenvalue weighted by Gasteiger charge is 2.10. The van der Waals surface area contributed by atoms with E-state index < -0.39 is 0 Å². The number of hydrogen-bond acceptors (Lipinski definition) is 5. The zero-order valence-corrected chi connectivity index (χ0v) is 20.2. The van der Waals surface area contributed by atoms with Gasteiger partial charge in [-0.2, -0.15) is 0 Å². The molecule has 4 rings (SSSR count). The van der Waals surface area contributed by atoms with Crippen LogP contribution in [0.5, 0.6) is 11.5 Å². The van der Waals surface area contributed by atoms with Gasteiger partial charge in [0.15, 0.2) is 16.6 Å². The first kappa shape index (κ1) is 23.3. The summed E-state index contributed by atoms with van der Waals surface area (Å²) in [4.78, 5) is 17.0. The number of hydrogen-bond donors (Lipinski definition) is 1. The van der Waals surface area contributed by atoms with Gasteiger partial charge in [0.2, 0.25) is 5.91 Å². The molecule has 1 amide bonds. The van der Waals surface area contributed by atoms with Gasteiger partial charge in [-0.25, -0.2) is 4.98 Å². The maximum absolute atomic E-state index is 12.4. The predicted molar refractivity (Wildman–Crippen MR) is 138 cm³/mol. The molecule has 1 aromatic heterocycles. The monoisotopic (exact) mass is 470 g/mol. The number of rotatable bonds is 8. The summed E-state index contributed by atoms with van der Waals surface area (Å²) >= 11 is 1.41. The van der Waals surface area contributed by atoms with Crippen LogP contribution in [0.15, 0.2) is 78.2 Å². The SMILES string of the molecule is COc1cc(C=CC(=O)Nc2nc(-c3cc(C)ccc3C)cs2)ccc1OCc1ccccc1. The number of thiazole rings is 1. The second kappa shape index (κ2) is 10.8. The number of ether oxygens (including phenoxy) is 2. The summed E-state index contributed by atoms with van der Waals surface area (Å²) in [6.07, 6.45) is 3.22. The van der Waals surface area contributed by atoms with E-state index in [-0.39, 0.29) is 5.91 Å². The van der Waals surface area contributed by atoms with E-state index >= 15 is 0 Å². The molecule has 0 aliphatic carbocycles. The van der Waals surface area contributed by atoms with Gasteiger partial charge in [0.05, 0.1) is 12.8 Å². The Labute approximate surface area is 203 Å². The van der Waals surface area contributed by atoms with Gasteiger partial charge in [0.25, 0.3) is 0 Å². The average Bonchev–Trinajstić information content (AvgIpc) is 3.31. The molecule has 172 valence electrons. The Bertz CT molecular complexity index is 1310. The number of benzene rings is 3. The van der Waals surface area contributed by atoms with Crippen LogP contribution in [0.3, 0.4) is 0 Å². The fourth-order valence-corrected chi connectivity index (χ4v) is 4.14. The lowest BCUT2D eigenvalue weighted by atomic mass is 10.0. The van der Waals surface area contributed by atoms with E-state index in [4.69, 9.17) is 9.47 Å². The molecule has 0 atom stereocenters. The lowest BCUT2D eigenvalue weighted by Crippen LogP contribution is -2.07. The molecule has 0 saturated carbocycles. The minimum atomic E-state index is -0.245. The first-order valence-corrected chi connectivity index (χ1v) is 11.8. The average molecular weight is 471 g/mol. The summed E-state index contributed by atoms with van der Waals surface area (Å²) in [5.74, 6) is 1.01. The highest BCUT2D eigenvalue weighted by atomic mass is 32.1. The smallest absolute Gasteiger partial charge is 0.250 e. The molecule has 0 aliphatic rings. The molecular formula is C28H26N2O3S. The van der Waals surface area contributed by atoms with E-state index in [9.17, 15) is 4.79 Å². The van der Waals surface area contributed by atoms with Crippen LogP contribution < -0.4 is 14.8 Å². The molecule has 5 nitrogen and oxygen atoms in total. The van der Waals surface area contributed by atoms with Crippen molar-refractivity contribution in [2.75, 3.05) is 12.4 Å². The Hall–Kier alpha value is -3.90. The second-order valence-corrected chi connectivity index (χ2v) is 8.72. The lowest BCUT2D eigenvalue weighted by molar-refractivity contribution is -0.111. The van der Waals surface area contributed by atoms with Gasteiger partial charge in [-0.3, -0.25) is 10.1 Å². The van der Waals surface area contributed by atoms with Gasteiger partial charge in [-0.15, -0.1) is 11.3 Å². The number of methoxy groups -OCH3 is 1. The van der Waals surface area contributed by atoms with Crippen molar-refractivity contribution in [3.8, 4) is 22.8 Å². The molecule has 0 fully saturated rings. The van der Waals surface area contributed by atoms with Crippen LogP contribution >= 0.6 is 11.3 Å². The number of nitrogens with zero attached hydrogens (tertiary/aromatic N) is 1. The van der Waals surface area contributed by atoms with Crippen LogP contribution in [0, 0.1) is 13.8 Å². The summed E-state index contributed by atoms with van der Waals surface area (Å²) in [6, 6.07) is 21.8. The highest BCUT2D eigenvalue weighted by Crippen LogP contribution is 2.30. The quantitative estimate of drug-likeness (QED) is 0.292. The van der Waals surface area contributed by atoms with E-state index in [0.717, 1.165) is 27.9 Å². The van der Waals surface area contributed by atoms with E-state index in [1.54, 1.807) is 13.2 Å². The molecule has 0 saturated heterocycles. The minimum Gasteiger partial charge on any atom is -0.493 e. The number of anilines is 1. The Morgan fingerprint density at radius 1 is 1.03 bits per heavy atom. The van der Waals surface area contributed by atoms with Crippen LogP contribution in [0.4, 0.5) is 5.13 Å². The molecule has 34 heavy (non-hydrogen) atoms. The number of nitrogens with one attached hydrogen (secondary N) is 1. The molecule has 1 N–H and O–H groups in total. The molecule has 3 aromatic carbocycles. The largest absolute Gasteiger partial charge is 0.493 e. The van der Waals surface area contributed by atoms with E-state index in [2.05, 4.69) is 42.3 Å². The Morgan fingerprint density at radius 3 is 2.65 bits per heavy atom. The third-order valence-corrected chi connectivity index (χ3v) is 6.01. The van der Waals surface area contributed by atoms with Crippen LogP contribution in [0.25, 0.3) is 17.3 Å². The lowest BCUT2D eigenvalue weighted by Gasteiger charge is -2.11. The highest BCUT2D eigenvalue weighted by molar-refractivity contribution is 7.14. The second-order valence-electron chi connectivity index (χ2n) is 7.86. The molecular weight excluding hydrogens is 444 g/mol. The van der Waals surface area contributed by atoms with E-state index in [0.29, 0.717) is 23.2 Å². The Kier molecular flexibility index (Phi) is 7.40. The fourth-order valence-electron chi connectivity index (χ4n) is 3.43. The van der Waals surface area contributed by atoms with Crippen molar-refractivity contribution < 1.29 is 14.3 Å². The van der Waals surface area contributed by atoms with Crippen molar-refractivity contribution >= 4 is 28.5 Å². The molecule has 0 aliphatic heterocycles. The molecule has 0 spiro atoms. The minimum absolute atomic E-state index is 0.245. The predicted octanol–water partition coefficient (Wildman–Crippen LogP) is 6.67. The van der Waals surface area contributed by atoms with Gasteiger partial charge in [-0.05, 0) is 54.8 Å². The van der Waals surface area contributed by atoms with Crippen LogP contribution in [0.1, 0.15) is 22.3 Å². The van der Waals surface area contributed by atoms with Crippen molar-refractivity contribution in [2.45, 2.75) is 20.5 Å². The number of carbonyl (C=O) groups is 1. The van der Waals surface area contributed by atoms with Crippen molar-refractivity contribution in [1.29, 1.82) is 0 Å². The van der Waals surface area contributed by atoms with Crippen LogP contribution in [-0.4, -0.2) is 18.0 Å². The van der Waals surface area contributed by atoms with Crippen molar-refractivity contribution in [3.05, 3.63) is 100 Å². The Morgan fingerprint density at radius 2 is 1.85 bits per heavy atom. The molecule has 4 aromatic rings. The van der Waals surface area contributed by atoms with Crippen molar-refractivity contribution in [1.82, 2.24) is 4.98 Å². The maximum Gasteiger partial charge on any atom is 0.250 e. The summed E-state index contributed by atoms with van der Waals surface area (Å²) in [6.45, 7) is 4.56. The first-order valence-electron chi connectivity index (χ1n) is 10.9. The van der Waals surface area contributed by atoms with Gasteiger partial charge in [0.1, 0.15) is 6.61 Å². The summed E-state index contributed by atoms with van der Waals surface area (Å²) in [7, 11) is 1.60. The van der Waals surface area contributed by atoms with Crippen LogP contribution in [0.2, 0.25) is 0 Å². The standard InChI is InChI=1S/C28H26N2O3S/c1-19-9-10-20(2)23(15-19)24-18-34-28(29-24)30-27(31)14-12-21-11-13-25(26(16-21)32-3)33-17-22-7-5-4-6-8-22/h4-16,18H,17H2,1-3H3,(H,29,30,31).